The first-order valence-electron chi connectivity index (χ1n) is 11.7. The number of aliphatic imine (C=N–C) groups is 1. The summed E-state index contributed by atoms with van der Waals surface area (Å²) in [5.74, 6) is 1.86. The van der Waals surface area contributed by atoms with Gasteiger partial charge in [-0.3, -0.25) is 4.79 Å². The molecule has 1 aromatic heterocycles. The molecular weight excluding hydrogens is 529 g/mol. The molecule has 1 aromatic carbocycles. The number of piperidine rings is 1. The van der Waals surface area contributed by atoms with Crippen LogP contribution in [0, 0.1) is 0 Å². The molecule has 33 heavy (non-hydrogen) atoms. The maximum absolute atomic E-state index is 12.7. The second kappa shape index (κ2) is 12.7. The molecule has 9 heteroatoms. The zero-order valence-corrected chi connectivity index (χ0v) is 21.6. The van der Waals surface area contributed by atoms with Crippen LogP contribution in [0.25, 0.3) is 0 Å². The normalized spacial score (nSPS) is 16.9. The van der Waals surface area contributed by atoms with Crippen LogP contribution in [0.15, 0.2) is 47.7 Å². The molecule has 1 N–H and O–H groups in total. The van der Waals surface area contributed by atoms with Crippen molar-refractivity contribution in [2.45, 2.75) is 32.7 Å². The molecule has 3 heterocycles. The van der Waals surface area contributed by atoms with Crippen LogP contribution in [0.5, 0.6) is 0 Å². The van der Waals surface area contributed by atoms with Gasteiger partial charge in [0.2, 0.25) is 5.95 Å². The van der Waals surface area contributed by atoms with E-state index in [0.717, 1.165) is 81.7 Å². The van der Waals surface area contributed by atoms with Crippen molar-refractivity contribution < 1.29 is 4.79 Å². The molecule has 2 aliphatic rings. The zero-order valence-electron chi connectivity index (χ0n) is 19.3. The number of carbonyl (C=O) groups is 1. The fourth-order valence-corrected chi connectivity index (χ4v) is 4.20. The summed E-state index contributed by atoms with van der Waals surface area (Å²) >= 11 is 0. The molecule has 0 saturated carbocycles. The third-order valence-corrected chi connectivity index (χ3v) is 6.00. The Labute approximate surface area is 213 Å². The number of hydrogen-bond donors (Lipinski definition) is 1. The second-order valence-electron chi connectivity index (χ2n) is 8.24. The molecule has 2 aromatic rings. The minimum Gasteiger partial charge on any atom is -0.357 e. The first-order valence-corrected chi connectivity index (χ1v) is 11.7. The summed E-state index contributed by atoms with van der Waals surface area (Å²) in [6.45, 7) is 8.71. The van der Waals surface area contributed by atoms with Gasteiger partial charge in [-0.25, -0.2) is 15.0 Å². The van der Waals surface area contributed by atoms with E-state index in [2.05, 4.69) is 32.0 Å². The van der Waals surface area contributed by atoms with Crippen molar-refractivity contribution in [2.75, 3.05) is 50.7 Å². The number of carbonyl (C=O) groups excluding carboxylic acids is 1. The van der Waals surface area contributed by atoms with E-state index in [4.69, 9.17) is 4.99 Å². The molecule has 0 radical (unpaired) electrons. The Kier molecular flexibility index (Phi) is 9.71. The van der Waals surface area contributed by atoms with E-state index in [1.54, 1.807) is 12.4 Å². The third kappa shape index (κ3) is 6.78. The summed E-state index contributed by atoms with van der Waals surface area (Å²) in [7, 11) is 0. The van der Waals surface area contributed by atoms with E-state index in [1.165, 1.54) is 6.42 Å². The summed E-state index contributed by atoms with van der Waals surface area (Å²) in [5.41, 5.74) is 1.87. The molecule has 2 fully saturated rings. The van der Waals surface area contributed by atoms with Gasteiger partial charge < -0.3 is 20.0 Å². The fraction of sp³-hybridized carbons (Fsp3) is 0.500. The summed E-state index contributed by atoms with van der Waals surface area (Å²) < 4.78 is 0. The maximum atomic E-state index is 12.7. The predicted octanol–water partition coefficient (Wildman–Crippen LogP) is 3.01. The molecule has 178 valence electrons. The Morgan fingerprint density at radius 2 is 1.61 bits per heavy atom. The second-order valence-corrected chi connectivity index (χ2v) is 8.24. The standard InChI is InChI=1S/C24H33N7O.HI/c1-2-25-23(30-15-17-31(18-16-30)24-26-11-6-12-27-24)28-19-20-7-9-21(10-8-20)22(32)29-13-4-3-5-14-29;/h6-12H,2-5,13-19H2,1H3,(H,25,28);1H. The Hall–Kier alpha value is -2.43. The summed E-state index contributed by atoms with van der Waals surface area (Å²) in [6.07, 6.45) is 7.01. The smallest absolute Gasteiger partial charge is 0.253 e. The molecule has 0 bridgehead atoms. The van der Waals surface area contributed by atoms with Crippen LogP contribution in [0.4, 0.5) is 5.95 Å². The summed E-state index contributed by atoms with van der Waals surface area (Å²) in [4.78, 5) is 32.7. The van der Waals surface area contributed by atoms with Crippen LogP contribution in [0.3, 0.4) is 0 Å². The van der Waals surface area contributed by atoms with Gasteiger partial charge in [0, 0.05) is 63.8 Å². The highest BCUT2D eigenvalue weighted by Gasteiger charge is 2.21. The number of likely N-dealkylation sites (tertiary alicyclic amines) is 1. The van der Waals surface area contributed by atoms with E-state index in [9.17, 15) is 4.79 Å². The molecule has 0 atom stereocenters. The number of piperazine rings is 1. The quantitative estimate of drug-likeness (QED) is 0.343. The lowest BCUT2D eigenvalue weighted by molar-refractivity contribution is 0.0724. The molecule has 1 amide bonds. The van der Waals surface area contributed by atoms with Gasteiger partial charge in [0.15, 0.2) is 5.96 Å². The van der Waals surface area contributed by atoms with Crippen LogP contribution in [-0.4, -0.2) is 77.4 Å². The lowest BCUT2D eigenvalue weighted by atomic mass is 10.1. The number of halogens is 1. The van der Waals surface area contributed by atoms with Gasteiger partial charge in [-0.2, -0.15) is 0 Å². The fourth-order valence-electron chi connectivity index (χ4n) is 4.20. The molecule has 0 spiro atoms. The van der Waals surface area contributed by atoms with Crippen molar-refractivity contribution >= 4 is 41.8 Å². The minimum absolute atomic E-state index is 0. The molecule has 0 unspecified atom stereocenters. The Morgan fingerprint density at radius 1 is 0.939 bits per heavy atom. The molecular formula is C24H34IN7O. The number of nitrogens with one attached hydrogen (secondary N) is 1. The number of anilines is 1. The molecule has 2 aliphatic heterocycles. The first kappa shape index (κ1) is 25.2. The average Bonchev–Trinajstić information content (AvgIpc) is 2.87. The number of benzene rings is 1. The number of guanidine groups is 1. The van der Waals surface area contributed by atoms with Gasteiger partial charge >= 0.3 is 0 Å². The van der Waals surface area contributed by atoms with Crippen LogP contribution in [-0.2, 0) is 6.54 Å². The highest BCUT2D eigenvalue weighted by atomic mass is 127. The van der Waals surface area contributed by atoms with Crippen LogP contribution >= 0.6 is 24.0 Å². The van der Waals surface area contributed by atoms with Crippen molar-refractivity contribution in [3.8, 4) is 0 Å². The Morgan fingerprint density at radius 3 is 2.24 bits per heavy atom. The lowest BCUT2D eigenvalue weighted by Crippen LogP contribution is -2.52. The summed E-state index contributed by atoms with van der Waals surface area (Å²) in [6, 6.07) is 9.76. The van der Waals surface area contributed by atoms with Crippen molar-refractivity contribution in [2.24, 2.45) is 4.99 Å². The monoisotopic (exact) mass is 563 g/mol. The van der Waals surface area contributed by atoms with Gasteiger partial charge in [-0.1, -0.05) is 12.1 Å². The first-order chi connectivity index (χ1) is 15.7. The zero-order chi connectivity index (χ0) is 22.2. The number of nitrogens with zero attached hydrogens (tertiary/aromatic N) is 6. The van der Waals surface area contributed by atoms with Crippen molar-refractivity contribution in [3.05, 3.63) is 53.9 Å². The number of aromatic nitrogens is 2. The van der Waals surface area contributed by atoms with E-state index in [0.29, 0.717) is 6.54 Å². The van der Waals surface area contributed by atoms with E-state index in [1.807, 2.05) is 35.2 Å². The van der Waals surface area contributed by atoms with Crippen LogP contribution in [0.1, 0.15) is 42.1 Å². The molecule has 8 nitrogen and oxygen atoms in total. The number of rotatable bonds is 5. The average molecular weight is 563 g/mol. The highest BCUT2D eigenvalue weighted by Crippen LogP contribution is 2.15. The maximum Gasteiger partial charge on any atom is 0.253 e. The van der Waals surface area contributed by atoms with Gasteiger partial charge in [0.1, 0.15) is 0 Å². The van der Waals surface area contributed by atoms with Gasteiger partial charge in [0.05, 0.1) is 6.54 Å². The topological polar surface area (TPSA) is 77.0 Å². The van der Waals surface area contributed by atoms with Crippen molar-refractivity contribution in [1.82, 2.24) is 25.1 Å². The Bertz CT molecular complexity index is 893. The third-order valence-electron chi connectivity index (χ3n) is 6.00. The highest BCUT2D eigenvalue weighted by molar-refractivity contribution is 14.0. The number of hydrogen-bond acceptors (Lipinski definition) is 5. The van der Waals surface area contributed by atoms with E-state index < -0.39 is 0 Å². The molecule has 4 rings (SSSR count). The largest absolute Gasteiger partial charge is 0.357 e. The lowest BCUT2D eigenvalue weighted by Gasteiger charge is -2.36. The van der Waals surface area contributed by atoms with Crippen LogP contribution < -0.4 is 10.2 Å². The van der Waals surface area contributed by atoms with Crippen molar-refractivity contribution in [1.29, 1.82) is 0 Å². The van der Waals surface area contributed by atoms with Gasteiger partial charge in [-0.15, -0.1) is 24.0 Å². The van der Waals surface area contributed by atoms with Gasteiger partial charge in [0.25, 0.3) is 5.91 Å². The van der Waals surface area contributed by atoms with Crippen molar-refractivity contribution in [3.63, 3.8) is 0 Å². The van der Waals surface area contributed by atoms with Gasteiger partial charge in [-0.05, 0) is 49.9 Å². The molecule has 2 saturated heterocycles. The van der Waals surface area contributed by atoms with E-state index >= 15 is 0 Å². The Balaban J connectivity index is 0.00000306. The number of amides is 1. The summed E-state index contributed by atoms with van der Waals surface area (Å²) in [5, 5.41) is 3.42. The SMILES string of the molecule is CCNC(=NCc1ccc(C(=O)N2CCCCC2)cc1)N1CCN(c2ncccn2)CC1.I. The predicted molar refractivity (Wildman–Crippen MR) is 142 cm³/mol. The minimum atomic E-state index is 0. The molecule has 0 aliphatic carbocycles. The van der Waals surface area contributed by atoms with E-state index in [-0.39, 0.29) is 29.9 Å². The van der Waals surface area contributed by atoms with Crippen LogP contribution in [0.2, 0.25) is 0 Å².